The van der Waals surface area contributed by atoms with Gasteiger partial charge >= 0.3 is 0 Å². The van der Waals surface area contributed by atoms with Crippen molar-refractivity contribution in [2.24, 2.45) is 16.0 Å². The van der Waals surface area contributed by atoms with Gasteiger partial charge in [-0.1, -0.05) is 13.0 Å². The molecule has 31 heavy (non-hydrogen) atoms. The van der Waals surface area contributed by atoms with E-state index in [1.54, 1.807) is 6.07 Å². The minimum atomic E-state index is -3.87. The fourth-order valence-electron chi connectivity index (χ4n) is 3.35. The highest BCUT2D eigenvalue weighted by Gasteiger charge is 2.18. The van der Waals surface area contributed by atoms with E-state index in [0.717, 1.165) is 35.5 Å². The molecular weight excluding hydrogens is 432 g/mol. The topological polar surface area (TPSA) is 106 Å². The van der Waals surface area contributed by atoms with Gasteiger partial charge in [0.15, 0.2) is 5.11 Å². The summed E-state index contributed by atoms with van der Waals surface area (Å²) in [5, 5.41) is 11.9. The monoisotopic (exact) mass is 460 g/mol. The molecule has 1 unspecified atom stereocenters. The lowest BCUT2D eigenvalue weighted by atomic mass is 9.98. The van der Waals surface area contributed by atoms with Gasteiger partial charge in [0.2, 0.25) is 10.0 Å². The summed E-state index contributed by atoms with van der Waals surface area (Å²) in [6.45, 7) is 8.01. The number of nitrogens with one attached hydrogen (secondary N) is 2. The molecule has 0 saturated carbocycles. The van der Waals surface area contributed by atoms with Crippen molar-refractivity contribution in [1.29, 1.82) is 0 Å². The molecule has 1 heterocycles. The molecule has 3 rings (SSSR count). The van der Waals surface area contributed by atoms with Crippen molar-refractivity contribution >= 4 is 50.1 Å². The van der Waals surface area contributed by atoms with Crippen LogP contribution in [0.3, 0.4) is 0 Å². The van der Waals surface area contributed by atoms with Crippen LogP contribution in [0.2, 0.25) is 0 Å². The number of aliphatic imine (C=N–C) groups is 1. The fourth-order valence-corrected chi connectivity index (χ4v) is 4.11. The number of sulfonamides is 1. The number of benzene rings is 2. The molecule has 0 saturated heterocycles. The number of fused-ring (bicyclic) bond motifs is 1. The quantitative estimate of drug-likeness (QED) is 0.563. The summed E-state index contributed by atoms with van der Waals surface area (Å²) in [4.78, 5) is 4.74. The summed E-state index contributed by atoms with van der Waals surface area (Å²) >= 11 is 5.52. The zero-order chi connectivity index (χ0) is 22.8. The molecule has 2 aromatic carbocycles. The van der Waals surface area contributed by atoms with Crippen LogP contribution in [0.5, 0.6) is 5.75 Å². The summed E-state index contributed by atoms with van der Waals surface area (Å²) < 4.78 is 29.4. The molecule has 7 nitrogen and oxygen atoms in total. The number of hydrogen-bond acceptors (Lipinski definition) is 5. The molecule has 0 bridgehead atoms. The summed E-state index contributed by atoms with van der Waals surface area (Å²) in [5.41, 5.74) is 4.45. The maximum absolute atomic E-state index is 11.8. The lowest BCUT2D eigenvalue weighted by molar-refractivity contribution is 0.243. The molecule has 0 fully saturated rings. The van der Waals surface area contributed by atoms with Gasteiger partial charge in [0.1, 0.15) is 5.75 Å². The van der Waals surface area contributed by atoms with E-state index in [1.807, 2.05) is 32.0 Å². The van der Waals surface area contributed by atoms with Crippen LogP contribution in [0.25, 0.3) is 0 Å². The molecule has 9 heteroatoms. The van der Waals surface area contributed by atoms with Gasteiger partial charge in [-0.25, -0.2) is 13.6 Å². The molecular formula is C22H28N4O3S2. The largest absolute Gasteiger partial charge is 0.489 e. The maximum atomic E-state index is 11.8. The van der Waals surface area contributed by atoms with Crippen molar-refractivity contribution in [3.05, 3.63) is 42.0 Å². The van der Waals surface area contributed by atoms with E-state index in [2.05, 4.69) is 24.5 Å². The molecule has 2 aromatic rings. The van der Waals surface area contributed by atoms with Crippen molar-refractivity contribution < 1.29 is 13.2 Å². The molecule has 0 radical (unpaired) electrons. The number of ether oxygens (including phenoxy) is 1. The molecule has 4 N–H and O–H groups in total. The van der Waals surface area contributed by atoms with E-state index in [-0.39, 0.29) is 11.0 Å². The van der Waals surface area contributed by atoms with Crippen LogP contribution in [-0.2, 0) is 16.4 Å². The average molecular weight is 461 g/mol. The Morgan fingerprint density at radius 2 is 1.94 bits per heavy atom. The molecule has 166 valence electrons. The number of rotatable bonds is 5. The standard InChI is InChI=1S/C22H28N4O3S2/c1-13(2)29-21-11-9-16(31(23,27)28)12-20(21)26-22(30)25-19-7-5-6-18-17(19)10-8-14(3)15(4)24-18/h5-7,9,11-14H,8,10H2,1-4H3,(H2,23,27,28)(H2,25,26,30). The predicted molar refractivity (Wildman–Crippen MR) is 130 cm³/mol. The van der Waals surface area contributed by atoms with E-state index >= 15 is 0 Å². The van der Waals surface area contributed by atoms with E-state index < -0.39 is 10.0 Å². The second-order valence-electron chi connectivity index (χ2n) is 7.94. The van der Waals surface area contributed by atoms with Crippen LogP contribution in [0.15, 0.2) is 46.3 Å². The lowest BCUT2D eigenvalue weighted by Crippen LogP contribution is -2.21. The molecule has 0 aromatic heterocycles. The Hall–Kier alpha value is -2.49. The third-order valence-electron chi connectivity index (χ3n) is 5.13. The van der Waals surface area contributed by atoms with Crippen LogP contribution >= 0.6 is 12.2 Å². The van der Waals surface area contributed by atoms with Crippen molar-refractivity contribution in [3.8, 4) is 5.75 Å². The highest BCUT2D eigenvalue weighted by Crippen LogP contribution is 2.33. The Labute approximate surface area is 189 Å². The van der Waals surface area contributed by atoms with Crippen LogP contribution in [0.4, 0.5) is 17.1 Å². The van der Waals surface area contributed by atoms with Gasteiger partial charge in [0.05, 0.1) is 22.4 Å². The van der Waals surface area contributed by atoms with Gasteiger partial charge in [-0.05, 0) is 82.1 Å². The van der Waals surface area contributed by atoms with Crippen LogP contribution in [0.1, 0.15) is 39.7 Å². The first kappa shape index (κ1) is 23.2. The summed E-state index contributed by atoms with van der Waals surface area (Å²) in [7, 11) is -3.87. The minimum absolute atomic E-state index is 0.0266. The van der Waals surface area contributed by atoms with Gasteiger partial charge in [0, 0.05) is 17.0 Å². The van der Waals surface area contributed by atoms with Crippen LogP contribution < -0.4 is 20.5 Å². The Morgan fingerprint density at radius 3 is 2.61 bits per heavy atom. The van der Waals surface area contributed by atoms with Gasteiger partial charge in [0.25, 0.3) is 0 Å². The Bertz CT molecular complexity index is 1130. The molecule has 1 atom stereocenters. The SMILES string of the molecule is CC1=Nc2cccc(NC(=S)Nc3cc(S(N)(=O)=O)ccc3OC(C)C)c2CCC1C. The summed E-state index contributed by atoms with van der Waals surface area (Å²) in [6.07, 6.45) is 1.78. The normalized spacial score (nSPS) is 16.2. The van der Waals surface area contributed by atoms with Gasteiger partial charge in [-0.3, -0.25) is 4.99 Å². The Balaban J connectivity index is 1.87. The maximum Gasteiger partial charge on any atom is 0.238 e. The highest BCUT2D eigenvalue weighted by molar-refractivity contribution is 7.89. The number of thiocarbonyl (C=S) groups is 1. The third kappa shape index (κ3) is 5.81. The van der Waals surface area contributed by atoms with E-state index in [1.165, 1.54) is 12.1 Å². The molecule has 1 aliphatic rings. The summed E-state index contributed by atoms with van der Waals surface area (Å²) in [6, 6.07) is 10.3. The number of nitrogens with zero attached hydrogens (tertiary/aromatic N) is 1. The van der Waals surface area contributed by atoms with Crippen molar-refractivity contribution in [1.82, 2.24) is 0 Å². The lowest BCUT2D eigenvalue weighted by Gasteiger charge is -2.19. The summed E-state index contributed by atoms with van der Waals surface area (Å²) in [5.74, 6) is 0.898. The van der Waals surface area contributed by atoms with E-state index in [0.29, 0.717) is 22.5 Å². The van der Waals surface area contributed by atoms with Gasteiger partial charge in [-0.2, -0.15) is 0 Å². The minimum Gasteiger partial charge on any atom is -0.489 e. The zero-order valence-corrected chi connectivity index (χ0v) is 19.7. The Kier molecular flexibility index (Phi) is 6.98. The van der Waals surface area contributed by atoms with E-state index in [9.17, 15) is 8.42 Å². The fraction of sp³-hybridized carbons (Fsp3) is 0.364. The molecule has 0 aliphatic carbocycles. The number of hydrogen-bond donors (Lipinski definition) is 3. The van der Waals surface area contributed by atoms with E-state index in [4.69, 9.17) is 27.1 Å². The van der Waals surface area contributed by atoms with Crippen LogP contribution in [0, 0.1) is 5.92 Å². The number of primary sulfonamides is 1. The molecule has 0 spiro atoms. The Morgan fingerprint density at radius 1 is 1.23 bits per heavy atom. The first-order valence-corrected chi connectivity index (χ1v) is 12.1. The van der Waals surface area contributed by atoms with Crippen molar-refractivity contribution in [3.63, 3.8) is 0 Å². The van der Waals surface area contributed by atoms with Gasteiger partial charge < -0.3 is 15.4 Å². The number of nitrogens with two attached hydrogens (primary N) is 1. The van der Waals surface area contributed by atoms with Crippen molar-refractivity contribution in [2.75, 3.05) is 10.6 Å². The first-order valence-electron chi connectivity index (χ1n) is 10.1. The van der Waals surface area contributed by atoms with Gasteiger partial charge in [-0.15, -0.1) is 0 Å². The first-order chi connectivity index (χ1) is 14.5. The smallest absolute Gasteiger partial charge is 0.238 e. The zero-order valence-electron chi connectivity index (χ0n) is 18.1. The molecule has 0 amide bonds. The molecule has 1 aliphatic heterocycles. The van der Waals surface area contributed by atoms with Crippen molar-refractivity contribution in [2.45, 2.75) is 51.5 Å². The number of anilines is 2. The van der Waals surface area contributed by atoms with Crippen LogP contribution in [-0.4, -0.2) is 25.3 Å². The second kappa shape index (κ2) is 9.33. The third-order valence-corrected chi connectivity index (χ3v) is 6.24. The second-order valence-corrected chi connectivity index (χ2v) is 9.91. The average Bonchev–Trinajstić information content (AvgIpc) is 2.81. The predicted octanol–water partition coefficient (Wildman–Crippen LogP) is 4.60. The highest BCUT2D eigenvalue weighted by atomic mass is 32.2.